The molecule has 10 amide bonds. The lowest BCUT2D eigenvalue weighted by molar-refractivity contribution is -0.178. The number of amides is 10. The molecule has 3 saturated heterocycles. The minimum atomic E-state index is -0.928. The van der Waals surface area contributed by atoms with E-state index < -0.39 is 89.2 Å². The van der Waals surface area contributed by atoms with Gasteiger partial charge in [-0.15, -0.1) is 49.6 Å². The molecule has 0 unspecified atom stereocenters. The zero-order valence-electron chi connectivity index (χ0n) is 54.5. The van der Waals surface area contributed by atoms with Crippen molar-refractivity contribution in [2.45, 2.75) is 150 Å². The van der Waals surface area contributed by atoms with Crippen molar-refractivity contribution in [1.29, 1.82) is 10.8 Å². The largest absolute Gasteiger partial charge is 0.447 e. The summed E-state index contributed by atoms with van der Waals surface area (Å²) in [4.78, 5) is 113. The van der Waals surface area contributed by atoms with Crippen molar-refractivity contribution in [2.75, 3.05) is 75.4 Å². The fourth-order valence-corrected chi connectivity index (χ4v) is 9.00. The molecule has 0 spiro atoms. The summed E-state index contributed by atoms with van der Waals surface area (Å²) >= 11 is 0. The predicted molar refractivity (Wildman–Crippen MR) is 355 cm³/mol. The average Bonchev–Trinajstić information content (AvgIpc) is 1.24. The Kier molecular flexibility index (Phi) is 31.5. The summed E-state index contributed by atoms with van der Waals surface area (Å²) in [5.74, 6) is -1.18. The maximum atomic E-state index is 13.8. The number of urea groups is 2. The molecule has 32 heteroatoms. The molecule has 3 fully saturated rings. The van der Waals surface area contributed by atoms with Crippen LogP contribution in [0.25, 0.3) is 0 Å². The molecular weight excluding hydrogens is 1300 g/mol. The van der Waals surface area contributed by atoms with Crippen LogP contribution < -0.4 is 31.1 Å². The molecule has 3 aromatic carbocycles. The summed E-state index contributed by atoms with van der Waals surface area (Å²) in [6.45, 7) is 21.9. The van der Waals surface area contributed by atoms with Crippen molar-refractivity contribution < 1.29 is 76.3 Å². The highest BCUT2D eigenvalue weighted by atomic mass is 35.5. The lowest BCUT2D eigenvalue weighted by Gasteiger charge is -2.39. The summed E-state index contributed by atoms with van der Waals surface area (Å²) in [5.41, 5.74) is -0.896. The fraction of sp³-hybridized carbons (Fsp3) is 0.541. The van der Waals surface area contributed by atoms with Crippen molar-refractivity contribution >= 4 is 122 Å². The van der Waals surface area contributed by atoms with Gasteiger partial charge in [0.2, 0.25) is 11.9 Å². The Morgan fingerprint density at radius 2 is 0.882 bits per heavy atom. The third-order valence-corrected chi connectivity index (χ3v) is 13.1. The van der Waals surface area contributed by atoms with E-state index in [0.717, 1.165) is 15.4 Å². The minimum Gasteiger partial charge on any atom is -0.447 e. The lowest BCUT2D eigenvalue weighted by atomic mass is 10.0. The highest BCUT2D eigenvalue weighted by molar-refractivity contribution is 6.17. The zero-order chi connectivity index (χ0) is 65.4. The number of carbonyl (C=O) groups is 8. The molecule has 0 bridgehead atoms. The molecule has 518 valence electrons. The first-order valence-corrected chi connectivity index (χ1v) is 29.3. The molecular formula is C61H90Cl4N12O16. The summed E-state index contributed by atoms with van der Waals surface area (Å²) in [7, 11) is 0. The summed E-state index contributed by atoms with van der Waals surface area (Å²) in [6, 6.07) is 21.5. The first-order chi connectivity index (χ1) is 41.7. The molecule has 0 aromatic heterocycles. The molecule has 3 atom stereocenters. The third-order valence-electron chi connectivity index (χ3n) is 13.1. The average molecular weight is 1390 g/mol. The van der Waals surface area contributed by atoms with Gasteiger partial charge >= 0.3 is 48.6 Å². The number of nitrogens with zero attached hydrogens (tertiary/aromatic N) is 6. The van der Waals surface area contributed by atoms with E-state index in [9.17, 15) is 38.4 Å². The number of rotatable bonds is 12. The van der Waals surface area contributed by atoms with Crippen LogP contribution in [0.5, 0.6) is 0 Å². The number of guanidine groups is 2. The van der Waals surface area contributed by atoms with Gasteiger partial charge in [-0.1, -0.05) is 54.6 Å². The standard InChI is InChI=1S/C61H86N12O16.4ClH/c1-58(2,3)86-52(76)66-48(62)72(56(80)88-60(7,8)9)43-22-18-40(19-23-43)36-64-50(74)68-27-31-70(32-28-68)54(78)84-39-46-47(83-38-42-16-14-13-15-17-42)45(26-35-82-46)85-55(79)71-33-29-69(30-34-71)51(75)65-37-41-20-24-44(25-21-41)73(57(81)89-61(10,11)12)49(63)67-53(77)87-59(4,5)6;;;;/h13-25,45-47H,26-39H2,1-12H3,(H,64,74)(H,65,75)(H2,62,66,76)(H2,63,67,77);4*1H/t45-,46-,47+;;;;/m1..../s1. The van der Waals surface area contributed by atoms with E-state index in [1.54, 1.807) is 141 Å². The number of hydrogen-bond acceptors (Lipinski definition) is 18. The van der Waals surface area contributed by atoms with Gasteiger partial charge in [0.25, 0.3) is 0 Å². The van der Waals surface area contributed by atoms with Crippen LogP contribution in [0.4, 0.5) is 49.7 Å². The van der Waals surface area contributed by atoms with E-state index in [1.807, 2.05) is 30.3 Å². The highest BCUT2D eigenvalue weighted by Gasteiger charge is 2.41. The Bertz CT molecular complexity index is 2990. The monoisotopic (exact) mass is 1390 g/mol. The first-order valence-electron chi connectivity index (χ1n) is 29.3. The van der Waals surface area contributed by atoms with Gasteiger partial charge in [-0.2, -0.15) is 0 Å². The van der Waals surface area contributed by atoms with E-state index in [-0.39, 0.29) is 158 Å². The normalized spacial score (nSPS) is 16.5. The summed E-state index contributed by atoms with van der Waals surface area (Å²) in [5, 5.41) is 27.4. The van der Waals surface area contributed by atoms with E-state index in [2.05, 4.69) is 21.3 Å². The maximum absolute atomic E-state index is 13.8. The number of ether oxygens (including phenoxy) is 8. The number of alkyl carbamates (subject to hydrolysis) is 2. The topological polar surface area (TPSA) is 326 Å². The van der Waals surface area contributed by atoms with Gasteiger partial charge in [-0.05, 0) is 124 Å². The number of halogens is 4. The molecule has 28 nitrogen and oxygen atoms in total. The Balaban J connectivity index is 0.00000736. The van der Waals surface area contributed by atoms with Gasteiger partial charge in [0.15, 0.2) is 0 Å². The lowest BCUT2D eigenvalue weighted by Crippen LogP contribution is -2.56. The molecule has 3 heterocycles. The predicted octanol–water partition coefficient (Wildman–Crippen LogP) is 10.1. The van der Waals surface area contributed by atoms with Crippen LogP contribution >= 0.6 is 49.6 Å². The molecule has 3 aromatic rings. The molecule has 3 aliphatic heterocycles. The molecule has 0 saturated carbocycles. The Hall–Kier alpha value is -7.76. The van der Waals surface area contributed by atoms with Gasteiger partial charge in [0.1, 0.15) is 47.3 Å². The van der Waals surface area contributed by atoms with Crippen LogP contribution in [0.3, 0.4) is 0 Å². The van der Waals surface area contributed by atoms with Crippen LogP contribution in [-0.4, -0.2) is 186 Å². The van der Waals surface area contributed by atoms with Crippen LogP contribution in [-0.2, 0) is 57.6 Å². The molecule has 6 rings (SSSR count). The van der Waals surface area contributed by atoms with Crippen molar-refractivity contribution in [3.05, 3.63) is 95.6 Å². The molecule has 0 aliphatic carbocycles. The van der Waals surface area contributed by atoms with E-state index >= 15 is 0 Å². The highest BCUT2D eigenvalue weighted by Crippen LogP contribution is 2.26. The zero-order valence-corrected chi connectivity index (χ0v) is 57.8. The quantitative estimate of drug-likeness (QED) is 0.0558. The smallest absolute Gasteiger partial charge is 0.421 e. The third kappa shape index (κ3) is 26.6. The SMILES string of the molecule is CC(C)(C)OC(=O)NC(=N)N(C(=O)OC(C)(C)C)c1ccc(CNC(=O)N2CCN(C(=O)OC[C@H]3OCC[C@@H](OC(=O)N4CCN(C(=O)NCc5ccc(N(C(=N)NC(=O)OC(C)(C)C)C(=O)OC(C)(C)C)cc5)CC4)[C@@H]3OCc3ccccc3)CC2)cc1.Cl.Cl.Cl.Cl. The number of nitrogens with one attached hydrogen (secondary N) is 6. The van der Waals surface area contributed by atoms with Gasteiger partial charge in [0.05, 0.1) is 24.6 Å². The second-order valence-electron chi connectivity index (χ2n) is 25.1. The van der Waals surface area contributed by atoms with Crippen LogP contribution in [0.2, 0.25) is 0 Å². The van der Waals surface area contributed by atoms with Crippen LogP contribution in [0.15, 0.2) is 78.9 Å². The second-order valence-corrected chi connectivity index (χ2v) is 25.1. The minimum absolute atomic E-state index is 0. The number of benzene rings is 3. The summed E-state index contributed by atoms with van der Waals surface area (Å²) < 4.78 is 45.9. The first kappa shape index (κ1) is 81.3. The van der Waals surface area contributed by atoms with E-state index in [0.29, 0.717) is 17.5 Å². The number of piperazine rings is 2. The maximum Gasteiger partial charge on any atom is 0.421 e. The van der Waals surface area contributed by atoms with Gasteiger partial charge < -0.3 is 68.1 Å². The van der Waals surface area contributed by atoms with Crippen molar-refractivity contribution in [3.8, 4) is 0 Å². The van der Waals surface area contributed by atoms with E-state index in [4.69, 9.17) is 48.7 Å². The second kappa shape index (κ2) is 36.1. The van der Waals surface area contributed by atoms with E-state index in [1.165, 1.54) is 9.80 Å². The molecule has 0 radical (unpaired) electrons. The molecule has 3 aliphatic rings. The number of anilines is 2. The number of hydrogen-bond donors (Lipinski definition) is 6. The van der Waals surface area contributed by atoms with Gasteiger partial charge in [-0.3, -0.25) is 21.5 Å². The molecule has 6 N–H and O–H groups in total. The van der Waals surface area contributed by atoms with Crippen molar-refractivity contribution in [3.63, 3.8) is 0 Å². The molecule has 93 heavy (non-hydrogen) atoms. The van der Waals surface area contributed by atoms with Crippen molar-refractivity contribution in [2.24, 2.45) is 0 Å². The Morgan fingerprint density at radius 3 is 1.27 bits per heavy atom. The van der Waals surface area contributed by atoms with Gasteiger partial charge in [-0.25, -0.2) is 48.2 Å². The Labute approximate surface area is 567 Å². The Morgan fingerprint density at radius 1 is 0.505 bits per heavy atom. The van der Waals surface area contributed by atoms with Crippen LogP contribution in [0.1, 0.15) is 106 Å². The van der Waals surface area contributed by atoms with Crippen LogP contribution in [0, 0.1) is 10.8 Å². The summed E-state index contributed by atoms with van der Waals surface area (Å²) in [6.07, 6.45) is -7.03. The van der Waals surface area contributed by atoms with Crippen molar-refractivity contribution in [1.82, 2.24) is 40.9 Å². The van der Waals surface area contributed by atoms with Gasteiger partial charge in [0, 0.05) is 71.9 Å². The number of carbonyl (C=O) groups excluding carboxylic acids is 8. The fourth-order valence-electron chi connectivity index (χ4n) is 9.00.